The molecule has 0 saturated carbocycles. The first-order chi connectivity index (χ1) is 12.8. The van der Waals surface area contributed by atoms with E-state index in [1.54, 1.807) is 12.1 Å². The average molecular weight is 376 g/mol. The second-order valence-corrected chi connectivity index (χ2v) is 7.81. The van der Waals surface area contributed by atoms with Gasteiger partial charge < -0.3 is 20.9 Å². The van der Waals surface area contributed by atoms with Crippen LogP contribution in [0.2, 0.25) is 0 Å². The molecular weight excluding hydrogens is 342 g/mol. The number of hydrogen-bond donors (Lipinski definition) is 3. The Hall–Kier alpha value is -2.12. The number of anilines is 1. The monoisotopic (exact) mass is 375 g/mol. The number of carbonyl (C=O) groups excluding carboxylic acids is 2. The molecule has 1 atom stereocenters. The summed E-state index contributed by atoms with van der Waals surface area (Å²) in [6.45, 7) is 10.1. The van der Waals surface area contributed by atoms with Crippen molar-refractivity contribution in [2.45, 2.75) is 26.8 Å². The van der Waals surface area contributed by atoms with Crippen molar-refractivity contribution in [1.82, 2.24) is 20.4 Å². The van der Waals surface area contributed by atoms with E-state index in [2.05, 4.69) is 53.7 Å². The van der Waals surface area contributed by atoms with E-state index < -0.39 is 0 Å². The first-order valence-electron chi connectivity index (χ1n) is 9.59. The predicted octanol–water partition coefficient (Wildman–Crippen LogP) is 1.75. The van der Waals surface area contributed by atoms with Crippen LogP contribution in [-0.4, -0.2) is 74.6 Å². The van der Waals surface area contributed by atoms with Gasteiger partial charge >= 0.3 is 6.03 Å². The summed E-state index contributed by atoms with van der Waals surface area (Å²) in [4.78, 5) is 29.2. The zero-order chi connectivity index (χ0) is 20.0. The molecular formula is C20H33N5O2. The van der Waals surface area contributed by atoms with Crippen LogP contribution in [-0.2, 0) is 0 Å². The number of amides is 3. The number of nitrogens with one attached hydrogen (secondary N) is 3. The fraction of sp³-hybridized carbons (Fsp3) is 0.600. The van der Waals surface area contributed by atoms with Crippen molar-refractivity contribution >= 4 is 17.6 Å². The second-order valence-electron chi connectivity index (χ2n) is 7.81. The Morgan fingerprint density at radius 3 is 2.63 bits per heavy atom. The molecule has 27 heavy (non-hydrogen) atoms. The van der Waals surface area contributed by atoms with Gasteiger partial charge in [0.05, 0.1) is 0 Å². The number of rotatable bonds is 6. The molecule has 1 aromatic rings. The van der Waals surface area contributed by atoms with E-state index in [-0.39, 0.29) is 11.9 Å². The van der Waals surface area contributed by atoms with Crippen LogP contribution in [0, 0.1) is 12.8 Å². The lowest BCUT2D eigenvalue weighted by Gasteiger charge is -2.37. The second kappa shape index (κ2) is 9.71. The third-order valence-corrected chi connectivity index (χ3v) is 4.98. The molecule has 0 aromatic heterocycles. The number of benzene rings is 1. The van der Waals surface area contributed by atoms with E-state index >= 15 is 0 Å². The van der Waals surface area contributed by atoms with Crippen molar-refractivity contribution in [3.63, 3.8) is 0 Å². The number of nitrogens with zero attached hydrogens (tertiary/aromatic N) is 2. The number of likely N-dealkylation sites (N-methyl/N-ethyl adjacent to an activating group) is 2. The molecule has 0 aliphatic carbocycles. The van der Waals surface area contributed by atoms with E-state index in [9.17, 15) is 9.59 Å². The molecule has 1 aliphatic heterocycles. The Labute approximate surface area is 162 Å². The van der Waals surface area contributed by atoms with Crippen molar-refractivity contribution in [1.29, 1.82) is 0 Å². The third kappa shape index (κ3) is 6.22. The highest BCUT2D eigenvalue weighted by Gasteiger charge is 2.22. The molecule has 1 fully saturated rings. The van der Waals surface area contributed by atoms with E-state index in [1.807, 2.05) is 13.0 Å². The van der Waals surface area contributed by atoms with Gasteiger partial charge in [-0.05, 0) is 44.6 Å². The highest BCUT2D eigenvalue weighted by Crippen LogP contribution is 2.19. The van der Waals surface area contributed by atoms with E-state index in [0.717, 1.165) is 25.2 Å². The maximum absolute atomic E-state index is 12.4. The summed E-state index contributed by atoms with van der Waals surface area (Å²) in [6.07, 6.45) is 0. The number of urea groups is 1. The molecule has 1 aliphatic rings. The maximum Gasteiger partial charge on any atom is 0.319 e. The number of hydrogen-bond acceptors (Lipinski definition) is 4. The third-order valence-electron chi connectivity index (χ3n) is 4.98. The Kier molecular flexibility index (Phi) is 7.62. The standard InChI is InChI=1S/C20H33N5O2/c1-14(2)11-21-19(26)17-7-6-8-18(15(17)3)23-20(27)22-12-16-13-24(4)9-10-25(16)5/h6-8,14,16H,9-13H2,1-5H3,(H,21,26)(H2,22,23,27)/t16-/m1/s1. The lowest BCUT2D eigenvalue weighted by atomic mass is 10.1. The smallest absolute Gasteiger partial charge is 0.319 e. The minimum Gasteiger partial charge on any atom is -0.352 e. The van der Waals surface area contributed by atoms with Crippen molar-refractivity contribution in [2.75, 3.05) is 52.1 Å². The van der Waals surface area contributed by atoms with E-state index in [1.165, 1.54) is 0 Å². The molecule has 3 amide bonds. The highest BCUT2D eigenvalue weighted by molar-refractivity contribution is 5.99. The predicted molar refractivity (Wildman–Crippen MR) is 109 cm³/mol. The fourth-order valence-corrected chi connectivity index (χ4v) is 3.11. The van der Waals surface area contributed by atoms with Gasteiger partial charge in [0.2, 0.25) is 0 Å². The van der Waals surface area contributed by atoms with Gasteiger partial charge in [0, 0.05) is 50.0 Å². The van der Waals surface area contributed by atoms with Crippen molar-refractivity contribution in [3.05, 3.63) is 29.3 Å². The summed E-state index contributed by atoms with van der Waals surface area (Å²) < 4.78 is 0. The summed E-state index contributed by atoms with van der Waals surface area (Å²) in [5, 5.41) is 8.74. The van der Waals surface area contributed by atoms with Crippen LogP contribution < -0.4 is 16.0 Å². The SMILES string of the molecule is Cc1c(NC(=O)NC[C@@H]2CN(C)CCN2C)cccc1C(=O)NCC(C)C. The zero-order valence-electron chi connectivity index (χ0n) is 17.1. The Morgan fingerprint density at radius 1 is 1.19 bits per heavy atom. The maximum atomic E-state index is 12.4. The molecule has 3 N–H and O–H groups in total. The average Bonchev–Trinajstić information content (AvgIpc) is 2.62. The minimum absolute atomic E-state index is 0.114. The molecule has 7 heteroatoms. The molecule has 1 aromatic carbocycles. The molecule has 0 bridgehead atoms. The Balaban J connectivity index is 1.93. The van der Waals surface area contributed by atoms with E-state index in [0.29, 0.717) is 36.3 Å². The van der Waals surface area contributed by atoms with Crippen molar-refractivity contribution < 1.29 is 9.59 Å². The largest absolute Gasteiger partial charge is 0.352 e. The van der Waals surface area contributed by atoms with Gasteiger partial charge in [0.15, 0.2) is 0 Å². The molecule has 1 saturated heterocycles. The van der Waals surface area contributed by atoms with Crippen LogP contribution in [0.4, 0.5) is 10.5 Å². The molecule has 150 valence electrons. The number of carbonyl (C=O) groups is 2. The van der Waals surface area contributed by atoms with Crippen LogP contribution in [0.1, 0.15) is 29.8 Å². The molecule has 0 radical (unpaired) electrons. The number of piperazine rings is 1. The van der Waals surface area contributed by atoms with Gasteiger partial charge in [-0.2, -0.15) is 0 Å². The zero-order valence-corrected chi connectivity index (χ0v) is 17.1. The summed E-state index contributed by atoms with van der Waals surface area (Å²) >= 11 is 0. The lowest BCUT2D eigenvalue weighted by molar-refractivity contribution is 0.0948. The molecule has 1 heterocycles. The summed E-state index contributed by atoms with van der Waals surface area (Å²) in [6, 6.07) is 5.43. The Bertz CT molecular complexity index is 662. The van der Waals surface area contributed by atoms with Crippen LogP contribution in [0.25, 0.3) is 0 Å². The fourth-order valence-electron chi connectivity index (χ4n) is 3.11. The first-order valence-corrected chi connectivity index (χ1v) is 9.59. The molecule has 2 rings (SSSR count). The van der Waals surface area contributed by atoms with Gasteiger partial charge in [-0.25, -0.2) is 4.79 Å². The van der Waals surface area contributed by atoms with Gasteiger partial charge in [-0.15, -0.1) is 0 Å². The van der Waals surface area contributed by atoms with Crippen molar-refractivity contribution in [3.8, 4) is 0 Å². The van der Waals surface area contributed by atoms with E-state index in [4.69, 9.17) is 0 Å². The van der Waals surface area contributed by atoms with Gasteiger partial charge in [0.25, 0.3) is 5.91 Å². The van der Waals surface area contributed by atoms with Crippen LogP contribution >= 0.6 is 0 Å². The van der Waals surface area contributed by atoms with Crippen LogP contribution in [0.3, 0.4) is 0 Å². The normalized spacial score (nSPS) is 18.4. The molecule has 7 nitrogen and oxygen atoms in total. The summed E-state index contributed by atoms with van der Waals surface area (Å²) in [5.41, 5.74) is 2.00. The summed E-state index contributed by atoms with van der Waals surface area (Å²) in [5.74, 6) is 0.274. The highest BCUT2D eigenvalue weighted by atomic mass is 16.2. The van der Waals surface area contributed by atoms with Gasteiger partial charge in [-0.1, -0.05) is 19.9 Å². The molecule has 0 spiro atoms. The molecule has 0 unspecified atom stereocenters. The minimum atomic E-state index is -0.250. The lowest BCUT2D eigenvalue weighted by Crippen LogP contribution is -2.54. The van der Waals surface area contributed by atoms with Gasteiger partial charge in [0.1, 0.15) is 0 Å². The van der Waals surface area contributed by atoms with Crippen LogP contribution in [0.15, 0.2) is 18.2 Å². The summed E-state index contributed by atoms with van der Waals surface area (Å²) in [7, 11) is 4.18. The quantitative estimate of drug-likeness (QED) is 0.708. The van der Waals surface area contributed by atoms with Gasteiger partial charge in [-0.3, -0.25) is 9.69 Å². The first kappa shape index (κ1) is 21.2. The van der Waals surface area contributed by atoms with Crippen LogP contribution in [0.5, 0.6) is 0 Å². The topological polar surface area (TPSA) is 76.7 Å². The Morgan fingerprint density at radius 2 is 1.93 bits per heavy atom. The van der Waals surface area contributed by atoms with Crippen molar-refractivity contribution in [2.24, 2.45) is 5.92 Å².